The third-order valence-electron chi connectivity index (χ3n) is 3.38. The molecular formula is C14H14N4O2S. The average Bonchev–Trinajstić information content (AvgIpc) is 3.28. The van der Waals surface area contributed by atoms with Crippen LogP contribution in [0.1, 0.15) is 36.1 Å². The predicted molar refractivity (Wildman–Crippen MR) is 78.0 cm³/mol. The van der Waals surface area contributed by atoms with Crippen LogP contribution in [0.25, 0.3) is 0 Å². The smallest absolute Gasteiger partial charge is 0.344 e. The molecule has 0 unspecified atom stereocenters. The zero-order chi connectivity index (χ0) is 14.8. The Balaban J connectivity index is 1.67. The SMILES string of the molecule is N#Cc1ccc([C@H](O)CSc2n[nH]c(=O)n2C2CC2)cc1. The van der Waals surface area contributed by atoms with Gasteiger partial charge in [-0.2, -0.15) is 5.26 Å². The van der Waals surface area contributed by atoms with Crippen molar-refractivity contribution in [2.24, 2.45) is 0 Å². The highest BCUT2D eigenvalue weighted by atomic mass is 32.2. The van der Waals surface area contributed by atoms with E-state index < -0.39 is 6.10 Å². The maximum atomic E-state index is 11.6. The minimum Gasteiger partial charge on any atom is -0.388 e. The third-order valence-corrected chi connectivity index (χ3v) is 4.41. The molecule has 3 rings (SSSR count). The van der Waals surface area contributed by atoms with E-state index in [1.54, 1.807) is 28.8 Å². The molecule has 1 saturated carbocycles. The van der Waals surface area contributed by atoms with Crippen molar-refractivity contribution in [1.82, 2.24) is 14.8 Å². The van der Waals surface area contributed by atoms with Gasteiger partial charge in [-0.3, -0.25) is 4.57 Å². The monoisotopic (exact) mass is 302 g/mol. The number of nitrogens with zero attached hydrogens (tertiary/aromatic N) is 3. The Hall–Kier alpha value is -2.04. The summed E-state index contributed by atoms with van der Waals surface area (Å²) < 4.78 is 1.66. The quantitative estimate of drug-likeness (QED) is 0.818. The highest BCUT2D eigenvalue weighted by Crippen LogP contribution is 2.36. The van der Waals surface area contributed by atoms with E-state index in [-0.39, 0.29) is 11.7 Å². The molecule has 0 spiro atoms. The van der Waals surface area contributed by atoms with Gasteiger partial charge in [0, 0.05) is 11.8 Å². The van der Waals surface area contributed by atoms with Crippen LogP contribution in [-0.2, 0) is 0 Å². The highest BCUT2D eigenvalue weighted by Gasteiger charge is 2.28. The molecule has 0 aliphatic heterocycles. The molecule has 0 radical (unpaired) electrons. The molecule has 0 bridgehead atoms. The Kier molecular flexibility index (Phi) is 3.82. The van der Waals surface area contributed by atoms with Crippen LogP contribution in [0.3, 0.4) is 0 Å². The van der Waals surface area contributed by atoms with Crippen LogP contribution >= 0.6 is 11.8 Å². The Morgan fingerprint density at radius 3 is 2.81 bits per heavy atom. The van der Waals surface area contributed by atoms with Crippen LogP contribution in [-0.4, -0.2) is 25.6 Å². The lowest BCUT2D eigenvalue weighted by Crippen LogP contribution is -2.16. The molecule has 7 heteroatoms. The van der Waals surface area contributed by atoms with Gasteiger partial charge in [0.05, 0.1) is 17.7 Å². The number of nitrogens with one attached hydrogen (secondary N) is 1. The molecule has 1 aliphatic rings. The summed E-state index contributed by atoms with van der Waals surface area (Å²) in [6, 6.07) is 9.13. The number of hydrogen-bond acceptors (Lipinski definition) is 5. The first-order chi connectivity index (χ1) is 10.2. The number of aliphatic hydroxyl groups is 1. The Morgan fingerprint density at radius 2 is 2.19 bits per heavy atom. The van der Waals surface area contributed by atoms with E-state index in [2.05, 4.69) is 10.2 Å². The fourth-order valence-electron chi connectivity index (χ4n) is 2.08. The second kappa shape index (κ2) is 5.76. The lowest BCUT2D eigenvalue weighted by atomic mass is 10.1. The van der Waals surface area contributed by atoms with E-state index in [4.69, 9.17) is 5.26 Å². The van der Waals surface area contributed by atoms with Crippen LogP contribution < -0.4 is 5.69 Å². The van der Waals surface area contributed by atoms with Gasteiger partial charge >= 0.3 is 5.69 Å². The summed E-state index contributed by atoms with van der Waals surface area (Å²) in [6.45, 7) is 0. The molecular weight excluding hydrogens is 288 g/mol. The van der Waals surface area contributed by atoms with Crippen molar-refractivity contribution >= 4 is 11.8 Å². The van der Waals surface area contributed by atoms with E-state index in [1.807, 2.05) is 6.07 Å². The van der Waals surface area contributed by atoms with Crippen LogP contribution in [0.2, 0.25) is 0 Å². The summed E-state index contributed by atoms with van der Waals surface area (Å²) in [5.41, 5.74) is 1.12. The molecule has 0 amide bonds. The van der Waals surface area contributed by atoms with E-state index >= 15 is 0 Å². The first kappa shape index (κ1) is 13.9. The van der Waals surface area contributed by atoms with Gasteiger partial charge in [-0.05, 0) is 30.5 Å². The number of benzene rings is 1. The van der Waals surface area contributed by atoms with Crippen molar-refractivity contribution in [3.8, 4) is 6.07 Å². The van der Waals surface area contributed by atoms with Crippen molar-refractivity contribution in [1.29, 1.82) is 5.26 Å². The third kappa shape index (κ3) is 3.01. The second-order valence-corrected chi connectivity index (χ2v) is 5.96. The normalized spacial score (nSPS) is 15.6. The highest BCUT2D eigenvalue weighted by molar-refractivity contribution is 7.99. The number of thioether (sulfide) groups is 1. The van der Waals surface area contributed by atoms with Gasteiger partial charge in [0.2, 0.25) is 0 Å². The number of aliphatic hydroxyl groups excluding tert-OH is 1. The Morgan fingerprint density at radius 1 is 1.48 bits per heavy atom. The maximum absolute atomic E-state index is 11.6. The van der Waals surface area contributed by atoms with Crippen molar-refractivity contribution in [3.63, 3.8) is 0 Å². The van der Waals surface area contributed by atoms with Gasteiger partial charge in [0.15, 0.2) is 5.16 Å². The molecule has 1 fully saturated rings. The van der Waals surface area contributed by atoms with Gasteiger partial charge in [-0.15, -0.1) is 5.10 Å². The summed E-state index contributed by atoms with van der Waals surface area (Å²) in [4.78, 5) is 11.6. The van der Waals surface area contributed by atoms with E-state index in [0.717, 1.165) is 18.4 Å². The van der Waals surface area contributed by atoms with Crippen molar-refractivity contribution in [2.45, 2.75) is 30.1 Å². The summed E-state index contributed by atoms with van der Waals surface area (Å²) in [5.74, 6) is 0.406. The molecule has 1 heterocycles. The molecule has 0 saturated heterocycles. The fourth-order valence-corrected chi connectivity index (χ4v) is 3.06. The minimum atomic E-state index is -0.665. The van der Waals surface area contributed by atoms with Gasteiger partial charge < -0.3 is 5.11 Å². The molecule has 2 aromatic rings. The van der Waals surface area contributed by atoms with E-state index in [9.17, 15) is 9.90 Å². The zero-order valence-corrected chi connectivity index (χ0v) is 12.0. The Bertz CT molecular complexity index is 725. The summed E-state index contributed by atoms with van der Waals surface area (Å²) in [5, 5.41) is 26.0. The van der Waals surface area contributed by atoms with Gasteiger partial charge in [0.1, 0.15) is 0 Å². The largest absolute Gasteiger partial charge is 0.388 e. The van der Waals surface area contributed by atoms with Gasteiger partial charge in [-0.25, -0.2) is 9.89 Å². The lowest BCUT2D eigenvalue weighted by molar-refractivity contribution is 0.204. The van der Waals surface area contributed by atoms with Crippen LogP contribution in [0.15, 0.2) is 34.2 Å². The predicted octanol–water partition coefficient (Wildman–Crippen LogP) is 1.60. The number of nitriles is 1. The Labute approximate surface area is 125 Å². The maximum Gasteiger partial charge on any atom is 0.344 e. The molecule has 1 aromatic carbocycles. The molecule has 2 N–H and O–H groups in total. The minimum absolute atomic E-state index is 0.187. The number of aromatic amines is 1. The molecule has 108 valence electrons. The van der Waals surface area contributed by atoms with Gasteiger partial charge in [-0.1, -0.05) is 23.9 Å². The van der Waals surface area contributed by atoms with E-state index in [0.29, 0.717) is 16.5 Å². The van der Waals surface area contributed by atoms with Crippen molar-refractivity contribution in [2.75, 3.05) is 5.75 Å². The number of aromatic nitrogens is 3. The van der Waals surface area contributed by atoms with Gasteiger partial charge in [0.25, 0.3) is 0 Å². The second-order valence-electron chi connectivity index (χ2n) is 4.97. The standard InChI is InChI=1S/C14H14N4O2S/c15-7-9-1-3-10(4-2-9)12(19)8-21-14-17-16-13(20)18(14)11-5-6-11/h1-4,11-12,19H,5-6,8H2,(H,16,20)/t12-/m1/s1. The lowest BCUT2D eigenvalue weighted by Gasteiger charge is -2.10. The number of hydrogen-bond donors (Lipinski definition) is 2. The van der Waals surface area contributed by atoms with E-state index in [1.165, 1.54) is 11.8 Å². The number of H-pyrrole nitrogens is 1. The van der Waals surface area contributed by atoms with Crippen LogP contribution in [0.4, 0.5) is 0 Å². The average molecular weight is 302 g/mol. The molecule has 21 heavy (non-hydrogen) atoms. The van der Waals surface area contributed by atoms with Crippen molar-refractivity contribution in [3.05, 3.63) is 45.9 Å². The molecule has 1 atom stereocenters. The summed E-state index contributed by atoms with van der Waals surface area (Å²) in [7, 11) is 0. The topological polar surface area (TPSA) is 94.7 Å². The summed E-state index contributed by atoms with van der Waals surface area (Å²) in [6.07, 6.45) is 1.35. The van der Waals surface area contributed by atoms with Crippen LogP contribution in [0.5, 0.6) is 0 Å². The molecule has 6 nitrogen and oxygen atoms in total. The van der Waals surface area contributed by atoms with Crippen LogP contribution in [0, 0.1) is 11.3 Å². The first-order valence-electron chi connectivity index (χ1n) is 6.67. The molecule has 1 aromatic heterocycles. The molecule has 1 aliphatic carbocycles. The first-order valence-corrected chi connectivity index (χ1v) is 7.65. The fraction of sp³-hybridized carbons (Fsp3) is 0.357. The summed E-state index contributed by atoms with van der Waals surface area (Å²) >= 11 is 1.35. The van der Waals surface area contributed by atoms with Crippen molar-refractivity contribution < 1.29 is 5.11 Å². The zero-order valence-electron chi connectivity index (χ0n) is 11.2. The number of rotatable bonds is 5.